The largest absolute Gasteiger partial charge is 0.484 e. The Balaban J connectivity index is 2.50. The van der Waals surface area contributed by atoms with Crippen LogP contribution in [0.2, 0.25) is 0 Å². The van der Waals surface area contributed by atoms with Gasteiger partial charge in [0.15, 0.2) is 6.61 Å². The molecule has 1 amide bonds. The summed E-state index contributed by atoms with van der Waals surface area (Å²) in [7, 11) is 1.34. The molecule has 0 spiro atoms. The molecule has 1 aromatic carbocycles. The molecular weight excluding hydrogens is 310 g/mol. The summed E-state index contributed by atoms with van der Waals surface area (Å²) < 4.78 is 15.4. The molecule has 0 fully saturated rings. The number of amides is 1. The van der Waals surface area contributed by atoms with Crippen molar-refractivity contribution in [1.29, 1.82) is 0 Å². The maximum atomic E-state index is 12.4. The van der Waals surface area contributed by atoms with Gasteiger partial charge >= 0.3 is 5.97 Å². The summed E-state index contributed by atoms with van der Waals surface area (Å²) in [6, 6.07) is 7.51. The first kappa shape index (κ1) is 20.0. The molecule has 0 saturated carbocycles. The van der Waals surface area contributed by atoms with Gasteiger partial charge in [-0.15, -0.1) is 0 Å². The first-order chi connectivity index (χ1) is 11.6. The summed E-state index contributed by atoms with van der Waals surface area (Å²) in [5.41, 5.74) is 1.13. The third-order valence-electron chi connectivity index (χ3n) is 3.47. The van der Waals surface area contributed by atoms with E-state index in [-0.39, 0.29) is 24.9 Å². The van der Waals surface area contributed by atoms with Crippen molar-refractivity contribution in [3.8, 4) is 5.75 Å². The van der Waals surface area contributed by atoms with E-state index in [9.17, 15) is 9.59 Å². The second-order valence-corrected chi connectivity index (χ2v) is 5.36. The zero-order chi connectivity index (χ0) is 17.8. The first-order valence-corrected chi connectivity index (χ1v) is 8.18. The minimum Gasteiger partial charge on any atom is -0.484 e. The maximum absolute atomic E-state index is 12.4. The van der Waals surface area contributed by atoms with Crippen LogP contribution in [-0.4, -0.2) is 56.8 Å². The van der Waals surface area contributed by atoms with E-state index in [1.165, 1.54) is 7.11 Å². The van der Waals surface area contributed by atoms with Crippen molar-refractivity contribution in [3.05, 3.63) is 29.8 Å². The quantitative estimate of drug-likeness (QED) is 0.457. The highest BCUT2D eigenvalue weighted by atomic mass is 16.5. The van der Waals surface area contributed by atoms with Gasteiger partial charge in [-0.3, -0.25) is 9.59 Å². The van der Waals surface area contributed by atoms with Crippen LogP contribution >= 0.6 is 0 Å². The summed E-state index contributed by atoms with van der Waals surface area (Å²) in [6.07, 6.45) is 0.882. The van der Waals surface area contributed by atoms with Gasteiger partial charge in [-0.1, -0.05) is 17.7 Å². The number of aryl methyl sites for hydroxylation is 1. The molecule has 0 unspecified atom stereocenters. The first-order valence-electron chi connectivity index (χ1n) is 8.18. The predicted octanol–water partition coefficient (Wildman–Crippen LogP) is 2.19. The average molecular weight is 337 g/mol. The maximum Gasteiger partial charge on any atom is 0.307 e. The van der Waals surface area contributed by atoms with Crippen LogP contribution in [0.1, 0.15) is 25.3 Å². The lowest BCUT2D eigenvalue weighted by Crippen LogP contribution is -2.37. The van der Waals surface area contributed by atoms with Crippen LogP contribution in [0.3, 0.4) is 0 Å². The minimum absolute atomic E-state index is 0.0567. The SMILES string of the molecule is CCOCCCN(CCC(=O)OC)C(=O)COc1ccc(C)cc1. The van der Waals surface area contributed by atoms with Gasteiger partial charge in [0.1, 0.15) is 5.75 Å². The highest BCUT2D eigenvalue weighted by molar-refractivity contribution is 5.78. The zero-order valence-corrected chi connectivity index (χ0v) is 14.7. The summed E-state index contributed by atoms with van der Waals surface area (Å²) >= 11 is 0. The van der Waals surface area contributed by atoms with Crippen molar-refractivity contribution in [2.24, 2.45) is 0 Å². The number of rotatable bonds is 11. The van der Waals surface area contributed by atoms with E-state index in [0.717, 1.165) is 5.56 Å². The van der Waals surface area contributed by atoms with Crippen molar-refractivity contribution in [3.63, 3.8) is 0 Å². The molecule has 6 heteroatoms. The van der Waals surface area contributed by atoms with Crippen LogP contribution < -0.4 is 4.74 Å². The molecule has 0 atom stereocenters. The number of carbonyl (C=O) groups excluding carboxylic acids is 2. The van der Waals surface area contributed by atoms with Crippen molar-refractivity contribution in [2.75, 3.05) is 40.0 Å². The minimum atomic E-state index is -0.336. The van der Waals surface area contributed by atoms with Crippen molar-refractivity contribution in [2.45, 2.75) is 26.7 Å². The standard InChI is InChI=1S/C18H27NO5/c1-4-23-13-5-11-19(12-10-18(21)22-3)17(20)14-24-16-8-6-15(2)7-9-16/h6-9H,4-5,10-14H2,1-3H3. The molecule has 1 aromatic rings. The van der Waals surface area contributed by atoms with E-state index >= 15 is 0 Å². The van der Waals surface area contributed by atoms with Crippen LogP contribution in [0.4, 0.5) is 0 Å². The van der Waals surface area contributed by atoms with Gasteiger partial charge in [-0.05, 0) is 32.4 Å². The molecule has 0 aromatic heterocycles. The number of hydrogen-bond acceptors (Lipinski definition) is 5. The number of hydrogen-bond donors (Lipinski definition) is 0. The molecule has 0 heterocycles. The number of benzene rings is 1. The van der Waals surface area contributed by atoms with E-state index < -0.39 is 0 Å². The van der Waals surface area contributed by atoms with Crippen molar-refractivity contribution < 1.29 is 23.8 Å². The Labute approximate surface area is 143 Å². The van der Waals surface area contributed by atoms with Gasteiger partial charge in [-0.2, -0.15) is 0 Å². The number of ether oxygens (including phenoxy) is 3. The highest BCUT2D eigenvalue weighted by Crippen LogP contribution is 2.11. The number of nitrogens with zero attached hydrogens (tertiary/aromatic N) is 1. The van der Waals surface area contributed by atoms with Crippen LogP contribution in [0.5, 0.6) is 5.75 Å². The van der Waals surface area contributed by atoms with Gasteiger partial charge in [0, 0.05) is 26.3 Å². The second kappa shape index (κ2) is 11.5. The Morgan fingerprint density at radius 2 is 1.83 bits per heavy atom. The fourth-order valence-corrected chi connectivity index (χ4v) is 2.06. The third kappa shape index (κ3) is 7.97. The molecule has 1 rings (SSSR count). The van der Waals surface area contributed by atoms with E-state index in [2.05, 4.69) is 4.74 Å². The molecule has 6 nitrogen and oxygen atoms in total. The molecule has 0 bridgehead atoms. The molecule has 0 aliphatic carbocycles. The van der Waals surface area contributed by atoms with E-state index in [1.807, 2.05) is 38.1 Å². The van der Waals surface area contributed by atoms with Crippen LogP contribution in [-0.2, 0) is 19.1 Å². The van der Waals surface area contributed by atoms with Gasteiger partial charge in [0.2, 0.25) is 0 Å². The smallest absolute Gasteiger partial charge is 0.307 e. The Morgan fingerprint density at radius 1 is 1.12 bits per heavy atom. The number of carbonyl (C=O) groups is 2. The Kier molecular flexibility index (Phi) is 9.53. The summed E-state index contributed by atoms with van der Waals surface area (Å²) in [6.45, 7) is 5.92. The second-order valence-electron chi connectivity index (χ2n) is 5.36. The van der Waals surface area contributed by atoms with Crippen LogP contribution in [0.25, 0.3) is 0 Å². The van der Waals surface area contributed by atoms with Crippen LogP contribution in [0.15, 0.2) is 24.3 Å². The summed E-state index contributed by atoms with van der Waals surface area (Å²) in [5.74, 6) is 0.157. The van der Waals surface area contributed by atoms with Gasteiger partial charge < -0.3 is 19.1 Å². The molecule has 134 valence electrons. The van der Waals surface area contributed by atoms with E-state index in [4.69, 9.17) is 9.47 Å². The van der Waals surface area contributed by atoms with Crippen LogP contribution in [0, 0.1) is 6.92 Å². The monoisotopic (exact) mass is 337 g/mol. The molecule has 0 aliphatic rings. The molecule has 0 N–H and O–H groups in total. The highest BCUT2D eigenvalue weighted by Gasteiger charge is 2.15. The number of esters is 1. The topological polar surface area (TPSA) is 65.1 Å². The van der Waals surface area contributed by atoms with Gasteiger partial charge in [0.25, 0.3) is 5.91 Å². The fraction of sp³-hybridized carbons (Fsp3) is 0.556. The fourth-order valence-electron chi connectivity index (χ4n) is 2.06. The zero-order valence-electron chi connectivity index (χ0n) is 14.7. The molecule has 0 aliphatic heterocycles. The lowest BCUT2D eigenvalue weighted by Gasteiger charge is -2.22. The van der Waals surface area contributed by atoms with E-state index in [0.29, 0.717) is 38.5 Å². The Hall–Kier alpha value is -2.08. The van der Waals surface area contributed by atoms with Gasteiger partial charge in [-0.25, -0.2) is 0 Å². The molecule has 0 saturated heterocycles. The lowest BCUT2D eigenvalue weighted by atomic mass is 10.2. The summed E-state index contributed by atoms with van der Waals surface area (Å²) in [4.78, 5) is 25.3. The van der Waals surface area contributed by atoms with Gasteiger partial charge in [0.05, 0.1) is 13.5 Å². The molecular formula is C18H27NO5. The Bertz CT molecular complexity index is 501. The normalized spacial score (nSPS) is 10.3. The summed E-state index contributed by atoms with van der Waals surface area (Å²) in [5, 5.41) is 0. The predicted molar refractivity (Wildman–Crippen MR) is 91.0 cm³/mol. The molecule has 0 radical (unpaired) electrons. The molecule has 24 heavy (non-hydrogen) atoms. The lowest BCUT2D eigenvalue weighted by molar-refractivity contribution is -0.142. The van der Waals surface area contributed by atoms with Crippen molar-refractivity contribution >= 4 is 11.9 Å². The average Bonchev–Trinajstić information content (AvgIpc) is 2.60. The van der Waals surface area contributed by atoms with E-state index in [1.54, 1.807) is 4.90 Å². The Morgan fingerprint density at radius 3 is 2.46 bits per heavy atom. The van der Waals surface area contributed by atoms with Crippen molar-refractivity contribution in [1.82, 2.24) is 4.90 Å². The third-order valence-corrected chi connectivity index (χ3v) is 3.47. The number of methoxy groups -OCH3 is 1.